The maximum Gasteiger partial charge on any atom is 0.412 e. The summed E-state index contributed by atoms with van der Waals surface area (Å²) in [5.74, 6) is -5.12. The van der Waals surface area contributed by atoms with Crippen LogP contribution >= 0.6 is 0 Å². The molecule has 2 aromatic heterocycles. The summed E-state index contributed by atoms with van der Waals surface area (Å²) < 4.78 is 93.9. The zero-order valence-electron chi connectivity index (χ0n) is 30.3. The van der Waals surface area contributed by atoms with Crippen LogP contribution in [0.1, 0.15) is 61.3 Å². The maximum absolute atomic E-state index is 17.1. The number of piperazine rings is 1. The normalized spacial score (nSPS) is 21.6. The molecule has 0 radical (unpaired) electrons. The van der Waals surface area contributed by atoms with Gasteiger partial charge < -0.3 is 19.1 Å². The molecule has 0 aliphatic carbocycles. The fraction of sp³-hybridized carbons (Fsp3) is 0.472. The second kappa shape index (κ2) is 12.7. The fourth-order valence-corrected chi connectivity index (χ4v) is 7.87. The van der Waals surface area contributed by atoms with Crippen molar-refractivity contribution in [1.82, 2.24) is 19.9 Å². The van der Waals surface area contributed by atoms with Gasteiger partial charge in [-0.15, -0.1) is 0 Å². The Morgan fingerprint density at radius 2 is 1.64 bits per heavy atom. The highest BCUT2D eigenvalue weighted by Gasteiger charge is 2.54. The van der Waals surface area contributed by atoms with Crippen LogP contribution < -0.4 is 15.0 Å². The number of carbonyl (C=O) groups excluding carboxylic acids is 2. The summed E-state index contributed by atoms with van der Waals surface area (Å²) in [5.41, 5.74) is -3.68. The lowest BCUT2D eigenvalue weighted by Gasteiger charge is -2.48. The highest BCUT2D eigenvalue weighted by molar-refractivity contribution is 7.84. The number of benzene rings is 2. The van der Waals surface area contributed by atoms with Crippen LogP contribution in [0.15, 0.2) is 23.4 Å². The Morgan fingerprint density at radius 1 is 0.943 bits per heavy atom. The van der Waals surface area contributed by atoms with Crippen LogP contribution in [-0.4, -0.2) is 84.5 Å². The van der Waals surface area contributed by atoms with Gasteiger partial charge in [0.15, 0.2) is 23.3 Å². The van der Waals surface area contributed by atoms with Crippen LogP contribution in [0.25, 0.3) is 32.9 Å². The number of halogens is 4. The Hall–Kier alpha value is -4.80. The van der Waals surface area contributed by atoms with Crippen LogP contribution in [0.3, 0.4) is 0 Å². The largest absolute Gasteiger partial charge is 0.472 e. The van der Waals surface area contributed by atoms with E-state index in [9.17, 15) is 18.2 Å². The van der Waals surface area contributed by atoms with Crippen LogP contribution in [0.4, 0.5) is 38.7 Å². The van der Waals surface area contributed by atoms with Gasteiger partial charge in [-0.25, -0.2) is 42.1 Å². The van der Waals surface area contributed by atoms with Gasteiger partial charge in [-0.3, -0.25) is 14.4 Å². The molecule has 1 N–H and O–H groups in total. The summed E-state index contributed by atoms with van der Waals surface area (Å²) in [6, 6.07) is 1.32. The third kappa shape index (κ3) is 6.35. The predicted molar refractivity (Wildman–Crippen MR) is 188 cm³/mol. The van der Waals surface area contributed by atoms with Crippen LogP contribution in [0, 0.1) is 23.3 Å². The van der Waals surface area contributed by atoms with Crippen molar-refractivity contribution in [2.24, 2.45) is 0 Å². The number of amides is 2. The second-order valence-corrected chi connectivity index (χ2v) is 16.7. The third-order valence-corrected chi connectivity index (χ3v) is 10.0. The minimum absolute atomic E-state index is 0.0325. The Morgan fingerprint density at radius 3 is 2.30 bits per heavy atom. The molecule has 3 aliphatic heterocycles. The number of carbonyl (C=O) groups is 2. The summed E-state index contributed by atoms with van der Waals surface area (Å²) >= 11 is 0. The van der Waals surface area contributed by atoms with Gasteiger partial charge in [0, 0.05) is 29.1 Å². The van der Waals surface area contributed by atoms with Crippen molar-refractivity contribution in [2.75, 3.05) is 23.0 Å². The molecule has 0 spiro atoms. The van der Waals surface area contributed by atoms with Crippen molar-refractivity contribution in [3.05, 3.63) is 41.5 Å². The first kappa shape index (κ1) is 36.6. The molecule has 7 rings (SSSR count). The number of rotatable bonds is 3. The van der Waals surface area contributed by atoms with E-state index in [0.29, 0.717) is 18.9 Å². The molecule has 0 saturated carbocycles. The van der Waals surface area contributed by atoms with E-state index in [0.717, 1.165) is 12.1 Å². The summed E-state index contributed by atoms with van der Waals surface area (Å²) in [6.45, 7) is 12.1. The first-order chi connectivity index (χ1) is 24.7. The van der Waals surface area contributed by atoms with E-state index < -0.39 is 103 Å². The molecule has 2 aromatic carbocycles. The Bertz CT molecular complexity index is 2250. The highest BCUT2D eigenvalue weighted by atomic mass is 32.2. The van der Waals surface area contributed by atoms with Crippen molar-refractivity contribution in [3.8, 4) is 17.1 Å². The van der Waals surface area contributed by atoms with Crippen LogP contribution in [0.5, 0.6) is 5.88 Å². The van der Waals surface area contributed by atoms with Crippen molar-refractivity contribution in [1.29, 1.82) is 0 Å². The van der Waals surface area contributed by atoms with Gasteiger partial charge in [0.1, 0.15) is 39.7 Å². The van der Waals surface area contributed by atoms with Gasteiger partial charge in [0.2, 0.25) is 11.0 Å². The average Bonchev–Trinajstić information content (AvgIpc) is 3.29. The van der Waals surface area contributed by atoms with Gasteiger partial charge in [-0.05, 0) is 79.5 Å². The molecule has 2 bridgehead atoms. The Balaban J connectivity index is 1.44. The van der Waals surface area contributed by atoms with E-state index >= 15 is 13.2 Å². The van der Waals surface area contributed by atoms with Gasteiger partial charge in [0.25, 0.3) is 0 Å². The molecule has 1 unspecified atom stereocenters. The molecular formula is C36H38F4N6O6S. The Kier molecular flexibility index (Phi) is 8.73. The molecule has 2 amide bonds. The number of fused-ring (bicyclic) bond motifs is 6. The number of ether oxygens (including phenoxy) is 3. The topological polar surface area (TPSA) is 136 Å². The lowest BCUT2D eigenvalue weighted by atomic mass is 9.97. The molecule has 3 aliphatic rings. The van der Waals surface area contributed by atoms with Gasteiger partial charge >= 0.3 is 12.2 Å². The number of aromatic nitrogens is 3. The molecular weight excluding hydrogens is 720 g/mol. The zero-order chi connectivity index (χ0) is 38.5. The maximum atomic E-state index is 17.1. The van der Waals surface area contributed by atoms with Gasteiger partial charge in [-0.1, -0.05) is 0 Å². The molecule has 5 heterocycles. The van der Waals surface area contributed by atoms with Crippen molar-refractivity contribution >= 4 is 56.2 Å². The fourth-order valence-electron chi connectivity index (χ4n) is 7.44. The molecule has 4 aromatic rings. The predicted octanol–water partition coefficient (Wildman–Crippen LogP) is 7.22. The standard InChI is InChI=1S/C36H38F4N6O6S/c1-15-29-21-12-9-16(46(21)34(48)52-36(5,6)7)14-45(29)30-23-28(43-32(44-30)53(8)49)26(40)27(42-31(23)50-15)18-13-20(41-33(47)51-35(2,3)4)24(38)17-10-11-19(37)25(39)22(17)18/h10-11,13,15-16,21,29H,9,12,14H2,1-8H3,(H,41,47)/t15-,16+,21-,29+,53?/m0/s1. The first-order valence-corrected chi connectivity index (χ1v) is 18.6. The number of nitrogens with zero attached hydrogens (tertiary/aromatic N) is 5. The zero-order valence-corrected chi connectivity index (χ0v) is 31.1. The molecule has 2 fully saturated rings. The van der Waals surface area contributed by atoms with Crippen molar-refractivity contribution in [2.45, 2.75) is 102 Å². The molecule has 17 heteroatoms. The molecule has 2 saturated heterocycles. The monoisotopic (exact) mass is 758 g/mol. The Labute approximate surface area is 304 Å². The third-order valence-electron chi connectivity index (χ3n) is 9.35. The van der Waals surface area contributed by atoms with E-state index in [-0.39, 0.29) is 40.3 Å². The molecule has 282 valence electrons. The molecule has 5 atom stereocenters. The summed E-state index contributed by atoms with van der Waals surface area (Å²) in [4.78, 5) is 43.2. The average molecular weight is 759 g/mol. The molecule has 53 heavy (non-hydrogen) atoms. The van der Waals surface area contributed by atoms with Crippen molar-refractivity contribution < 1.29 is 45.6 Å². The van der Waals surface area contributed by atoms with Gasteiger partial charge in [-0.2, -0.15) is 0 Å². The lowest BCUT2D eigenvalue weighted by molar-refractivity contribution is 0.000927. The SMILES string of the molecule is C[C@@H]1Oc2nc(-c3cc(NC(=O)OC(C)(C)C)c(F)c4ccc(F)c(F)c34)c(F)c3nc(S(C)=O)nc(c23)N2C[C@H]3CC[C@@H]([C@@H]12)N3C(=O)OC(C)(C)C. The summed E-state index contributed by atoms with van der Waals surface area (Å²) in [6.07, 6.45) is 0.309. The summed E-state index contributed by atoms with van der Waals surface area (Å²) in [5, 5.41) is 0.944. The van der Waals surface area contributed by atoms with E-state index in [1.807, 2.05) is 4.90 Å². The minimum Gasteiger partial charge on any atom is -0.472 e. The number of hydrogen-bond acceptors (Lipinski definition) is 10. The number of pyridine rings is 1. The number of nitrogens with one attached hydrogen (secondary N) is 1. The van der Waals surface area contributed by atoms with Crippen LogP contribution in [-0.2, 0) is 20.3 Å². The van der Waals surface area contributed by atoms with Crippen LogP contribution in [0.2, 0.25) is 0 Å². The summed E-state index contributed by atoms with van der Waals surface area (Å²) in [7, 11) is -1.83. The van der Waals surface area contributed by atoms with E-state index in [1.165, 1.54) is 6.26 Å². The minimum atomic E-state index is -1.83. The lowest BCUT2D eigenvalue weighted by Crippen LogP contribution is -2.65. The number of hydrogen-bond donors (Lipinski definition) is 1. The number of anilines is 2. The van der Waals surface area contributed by atoms with Gasteiger partial charge in [0.05, 0.1) is 34.6 Å². The first-order valence-electron chi connectivity index (χ1n) is 17.0. The van der Waals surface area contributed by atoms with E-state index in [2.05, 4.69) is 20.3 Å². The smallest absolute Gasteiger partial charge is 0.412 e. The van der Waals surface area contributed by atoms with Crippen molar-refractivity contribution in [3.63, 3.8) is 0 Å². The second-order valence-electron chi connectivity index (χ2n) is 15.4. The molecule has 12 nitrogen and oxygen atoms in total. The highest BCUT2D eigenvalue weighted by Crippen LogP contribution is 2.47. The van der Waals surface area contributed by atoms with E-state index in [1.54, 1.807) is 53.4 Å². The quantitative estimate of drug-likeness (QED) is 0.169. The van der Waals surface area contributed by atoms with E-state index in [4.69, 9.17) is 14.2 Å².